The predicted molar refractivity (Wildman–Crippen MR) is 105 cm³/mol. The molecule has 4 heterocycles. The van der Waals surface area contributed by atoms with Gasteiger partial charge in [-0.3, -0.25) is 9.78 Å². The third kappa shape index (κ3) is 4.15. The molecule has 0 aromatic carbocycles. The molecule has 9 heteroatoms. The Morgan fingerprint density at radius 2 is 2.00 bits per heavy atom. The van der Waals surface area contributed by atoms with E-state index in [1.54, 1.807) is 12.4 Å². The number of amides is 1. The normalized spacial score (nSPS) is 21.9. The lowest BCUT2D eigenvalue weighted by atomic mass is 10.1. The number of thiophene rings is 1. The first kappa shape index (κ1) is 18.4. The van der Waals surface area contributed by atoms with Gasteiger partial charge < -0.3 is 15.0 Å². The maximum Gasteiger partial charge on any atom is 0.261 e. The lowest BCUT2D eigenvalue weighted by molar-refractivity contribution is 0.0945. The Labute approximate surface area is 162 Å². The number of rotatable bonds is 4. The number of carbonyl (C=O) groups excluding carboxylic acids is 1. The fraction of sp³-hybridized carbons (Fsp3) is 0.444. The monoisotopic (exact) mass is 407 g/mol. The molecule has 7 nitrogen and oxygen atoms in total. The van der Waals surface area contributed by atoms with Gasteiger partial charge in [-0.05, 0) is 30.2 Å². The van der Waals surface area contributed by atoms with E-state index < -0.39 is 9.84 Å². The van der Waals surface area contributed by atoms with Crippen molar-refractivity contribution in [1.82, 2.24) is 10.3 Å². The van der Waals surface area contributed by atoms with E-state index in [-0.39, 0.29) is 23.5 Å². The average Bonchev–Trinajstić information content (AvgIpc) is 3.27. The number of nitrogens with one attached hydrogen (secondary N) is 1. The zero-order valence-corrected chi connectivity index (χ0v) is 16.4. The molecule has 2 aliphatic heterocycles. The van der Waals surface area contributed by atoms with E-state index in [9.17, 15) is 13.2 Å². The van der Waals surface area contributed by atoms with Gasteiger partial charge in [0.05, 0.1) is 34.6 Å². The zero-order valence-electron chi connectivity index (χ0n) is 14.8. The Bertz CT molecular complexity index is 921. The molecule has 0 bridgehead atoms. The lowest BCUT2D eigenvalue weighted by Gasteiger charge is -2.28. The standard InChI is InChI=1S/C18H21N3O4S2/c22-17(20-14-3-10-27(23,24)12-14)16-11-15(13-1-4-19-5-2-13)18(26-16)21-6-8-25-9-7-21/h1-2,4-5,11,14H,3,6-10,12H2,(H,20,22). The van der Waals surface area contributed by atoms with E-state index in [0.717, 1.165) is 29.2 Å². The smallest absolute Gasteiger partial charge is 0.261 e. The Kier molecular flexibility index (Phi) is 5.16. The molecular weight excluding hydrogens is 386 g/mol. The van der Waals surface area contributed by atoms with Gasteiger partial charge in [0, 0.05) is 37.1 Å². The molecular formula is C18H21N3O4S2. The van der Waals surface area contributed by atoms with Crippen molar-refractivity contribution in [3.63, 3.8) is 0 Å². The van der Waals surface area contributed by atoms with Gasteiger partial charge in [0.1, 0.15) is 0 Å². The molecule has 2 aromatic rings. The Morgan fingerprint density at radius 3 is 2.67 bits per heavy atom. The molecule has 0 aliphatic carbocycles. The molecule has 27 heavy (non-hydrogen) atoms. The number of nitrogens with zero attached hydrogens (tertiary/aromatic N) is 2. The second-order valence-electron chi connectivity index (χ2n) is 6.74. The second kappa shape index (κ2) is 7.57. The number of hydrogen-bond acceptors (Lipinski definition) is 7. The molecule has 144 valence electrons. The summed E-state index contributed by atoms with van der Waals surface area (Å²) in [6.45, 7) is 2.88. The van der Waals surface area contributed by atoms with Gasteiger partial charge in [-0.1, -0.05) is 0 Å². The van der Waals surface area contributed by atoms with E-state index in [1.807, 2.05) is 18.2 Å². The van der Waals surface area contributed by atoms with Crippen molar-refractivity contribution < 1.29 is 17.9 Å². The molecule has 0 saturated carbocycles. The summed E-state index contributed by atoms with van der Waals surface area (Å²) < 4.78 is 28.7. The highest BCUT2D eigenvalue weighted by atomic mass is 32.2. The van der Waals surface area contributed by atoms with Crippen LogP contribution in [-0.2, 0) is 14.6 Å². The van der Waals surface area contributed by atoms with Crippen LogP contribution in [0.2, 0.25) is 0 Å². The molecule has 2 saturated heterocycles. The highest BCUT2D eigenvalue weighted by Gasteiger charge is 2.30. The number of pyridine rings is 1. The third-order valence-corrected chi connectivity index (χ3v) is 7.76. The van der Waals surface area contributed by atoms with Crippen LogP contribution in [0, 0.1) is 0 Å². The fourth-order valence-electron chi connectivity index (χ4n) is 3.40. The zero-order chi connectivity index (χ0) is 18.9. The summed E-state index contributed by atoms with van der Waals surface area (Å²) in [4.78, 5) is 19.6. The van der Waals surface area contributed by atoms with E-state index in [1.165, 1.54) is 11.3 Å². The van der Waals surface area contributed by atoms with Crippen LogP contribution in [-0.4, -0.2) is 63.2 Å². The Hall–Kier alpha value is -1.97. The summed E-state index contributed by atoms with van der Waals surface area (Å²) in [5.41, 5.74) is 2.00. The van der Waals surface area contributed by atoms with Crippen molar-refractivity contribution >= 4 is 32.1 Å². The van der Waals surface area contributed by atoms with Crippen LogP contribution in [0.25, 0.3) is 11.1 Å². The van der Waals surface area contributed by atoms with Crippen molar-refractivity contribution in [3.05, 3.63) is 35.5 Å². The summed E-state index contributed by atoms with van der Waals surface area (Å²) in [5.74, 6) is -0.0432. The second-order valence-corrected chi connectivity index (χ2v) is 10.00. The highest BCUT2D eigenvalue weighted by Crippen LogP contribution is 2.39. The molecule has 1 amide bonds. The quantitative estimate of drug-likeness (QED) is 0.828. The first-order valence-corrected chi connectivity index (χ1v) is 11.5. The molecule has 0 radical (unpaired) electrons. The van der Waals surface area contributed by atoms with E-state index in [0.29, 0.717) is 24.5 Å². The summed E-state index contributed by atoms with van der Waals surface area (Å²) in [7, 11) is -3.03. The Morgan fingerprint density at radius 1 is 1.26 bits per heavy atom. The molecule has 1 atom stereocenters. The molecule has 2 aliphatic rings. The fourth-order valence-corrected chi connectivity index (χ4v) is 6.21. The summed E-state index contributed by atoms with van der Waals surface area (Å²) >= 11 is 1.44. The molecule has 2 fully saturated rings. The van der Waals surface area contributed by atoms with Crippen LogP contribution in [0.1, 0.15) is 16.1 Å². The van der Waals surface area contributed by atoms with Gasteiger partial charge in [-0.25, -0.2) is 8.42 Å². The number of morpholine rings is 1. The Balaban J connectivity index is 1.61. The average molecular weight is 408 g/mol. The number of aromatic nitrogens is 1. The van der Waals surface area contributed by atoms with E-state index in [4.69, 9.17) is 4.74 Å². The van der Waals surface area contributed by atoms with Crippen molar-refractivity contribution in [3.8, 4) is 11.1 Å². The van der Waals surface area contributed by atoms with Crippen LogP contribution in [0.5, 0.6) is 0 Å². The number of ether oxygens (including phenoxy) is 1. The van der Waals surface area contributed by atoms with Crippen molar-refractivity contribution in [2.24, 2.45) is 0 Å². The minimum Gasteiger partial charge on any atom is -0.378 e. The van der Waals surface area contributed by atoms with Crippen LogP contribution < -0.4 is 10.2 Å². The van der Waals surface area contributed by atoms with Gasteiger partial charge in [-0.15, -0.1) is 11.3 Å². The first-order chi connectivity index (χ1) is 13.0. The molecule has 1 N–H and O–H groups in total. The number of hydrogen-bond donors (Lipinski definition) is 1. The van der Waals surface area contributed by atoms with Gasteiger partial charge in [0.15, 0.2) is 9.84 Å². The minimum atomic E-state index is -3.03. The topological polar surface area (TPSA) is 88.6 Å². The van der Waals surface area contributed by atoms with Crippen molar-refractivity contribution in [2.45, 2.75) is 12.5 Å². The molecule has 0 spiro atoms. The summed E-state index contributed by atoms with van der Waals surface area (Å²) in [6, 6.07) is 5.44. The number of sulfone groups is 1. The lowest BCUT2D eigenvalue weighted by Crippen LogP contribution is -2.36. The van der Waals surface area contributed by atoms with Gasteiger partial charge in [0.25, 0.3) is 5.91 Å². The van der Waals surface area contributed by atoms with Gasteiger partial charge in [0.2, 0.25) is 0 Å². The first-order valence-electron chi connectivity index (χ1n) is 8.90. The maximum atomic E-state index is 12.7. The highest BCUT2D eigenvalue weighted by molar-refractivity contribution is 7.91. The van der Waals surface area contributed by atoms with E-state index >= 15 is 0 Å². The maximum absolute atomic E-state index is 12.7. The van der Waals surface area contributed by atoms with Crippen LogP contribution in [0.4, 0.5) is 5.00 Å². The number of anilines is 1. The summed E-state index contributed by atoms with van der Waals surface area (Å²) in [5, 5.41) is 3.92. The van der Waals surface area contributed by atoms with Gasteiger partial charge in [-0.2, -0.15) is 0 Å². The largest absolute Gasteiger partial charge is 0.378 e. The SMILES string of the molecule is O=C(NC1CCS(=O)(=O)C1)c1cc(-c2ccncc2)c(N2CCOCC2)s1. The van der Waals surface area contributed by atoms with Crippen LogP contribution >= 0.6 is 11.3 Å². The van der Waals surface area contributed by atoms with Crippen LogP contribution in [0.15, 0.2) is 30.6 Å². The minimum absolute atomic E-state index is 0.0254. The van der Waals surface area contributed by atoms with Crippen LogP contribution in [0.3, 0.4) is 0 Å². The van der Waals surface area contributed by atoms with E-state index in [2.05, 4.69) is 15.2 Å². The van der Waals surface area contributed by atoms with Gasteiger partial charge >= 0.3 is 0 Å². The summed E-state index contributed by atoms with van der Waals surface area (Å²) in [6.07, 6.45) is 3.95. The molecule has 2 aromatic heterocycles. The number of carbonyl (C=O) groups is 1. The van der Waals surface area contributed by atoms with Crippen molar-refractivity contribution in [1.29, 1.82) is 0 Å². The predicted octanol–water partition coefficient (Wildman–Crippen LogP) is 1.56. The molecule has 4 rings (SSSR count). The van der Waals surface area contributed by atoms with Crippen molar-refractivity contribution in [2.75, 3.05) is 42.7 Å². The third-order valence-electron chi connectivity index (χ3n) is 4.79. The molecule has 1 unspecified atom stereocenters.